The lowest BCUT2D eigenvalue weighted by Gasteiger charge is -2.33. The lowest BCUT2D eigenvalue weighted by molar-refractivity contribution is -0.129. The van der Waals surface area contributed by atoms with Crippen molar-refractivity contribution in [3.63, 3.8) is 0 Å². The molecule has 1 N–H and O–H groups in total. The highest BCUT2D eigenvalue weighted by molar-refractivity contribution is 7.18. The maximum Gasteiger partial charge on any atom is 0.246 e. The average molecular weight is 627 g/mol. The van der Waals surface area contributed by atoms with Crippen LogP contribution in [-0.4, -0.2) is 61.9 Å². The van der Waals surface area contributed by atoms with Gasteiger partial charge in [-0.3, -0.25) is 9.48 Å². The highest BCUT2D eigenvalue weighted by atomic mass is 32.1. The number of nitrogens with zero attached hydrogens (tertiary/aromatic N) is 5. The quantitative estimate of drug-likeness (QED) is 0.151. The second-order valence-corrected chi connectivity index (χ2v) is 11.7. The summed E-state index contributed by atoms with van der Waals surface area (Å²) < 4.78 is 44.2. The van der Waals surface area contributed by atoms with E-state index in [0.29, 0.717) is 35.7 Å². The standard InChI is InChI=1S/C33H28F2N6O3S/c1-4-28(42)40-16-21-14-26(39-41(21)15-18(40)2)32-30(29-23(35)12-20(34)13-27(29)44-9-8-43-3)33-22(7-10-45-33)31(38-32)19-5-6-24-25(11-19)37-17-36-24/h4-7,10-14,17-18H,1,8-9,15-16H2,2-3H3,(H,36,37)/t18-/m1/s1. The van der Waals surface area contributed by atoms with Crippen molar-refractivity contribution in [2.75, 3.05) is 20.3 Å². The molecule has 4 aromatic heterocycles. The topological polar surface area (TPSA) is 98.2 Å². The van der Waals surface area contributed by atoms with E-state index in [-0.39, 0.29) is 36.5 Å². The Labute approximate surface area is 260 Å². The monoisotopic (exact) mass is 626 g/mol. The van der Waals surface area contributed by atoms with Crippen molar-refractivity contribution in [1.29, 1.82) is 0 Å². The number of aromatic amines is 1. The molecule has 7 rings (SSSR count). The molecule has 45 heavy (non-hydrogen) atoms. The third-order valence-corrected chi connectivity index (χ3v) is 8.91. The number of fused-ring (bicyclic) bond motifs is 3. The molecule has 0 spiro atoms. The lowest BCUT2D eigenvalue weighted by atomic mass is 9.96. The molecular weight excluding hydrogens is 598 g/mol. The molecule has 1 aliphatic rings. The van der Waals surface area contributed by atoms with Crippen LogP contribution in [0.15, 0.2) is 66.8 Å². The van der Waals surface area contributed by atoms with E-state index in [2.05, 4.69) is 16.5 Å². The summed E-state index contributed by atoms with van der Waals surface area (Å²) in [6.45, 7) is 6.71. The number of rotatable bonds is 8. The van der Waals surface area contributed by atoms with Crippen molar-refractivity contribution in [1.82, 2.24) is 29.6 Å². The third kappa shape index (κ3) is 5.05. The van der Waals surface area contributed by atoms with Gasteiger partial charge in [0.05, 0.1) is 54.0 Å². The van der Waals surface area contributed by atoms with Crippen molar-refractivity contribution in [3.05, 3.63) is 84.2 Å². The normalized spacial score (nSPS) is 14.7. The molecular formula is C33H28F2N6O3S. The van der Waals surface area contributed by atoms with E-state index in [0.717, 1.165) is 38.4 Å². The van der Waals surface area contributed by atoms with Crippen LogP contribution in [0.3, 0.4) is 0 Å². The summed E-state index contributed by atoms with van der Waals surface area (Å²) in [6.07, 6.45) is 2.94. The maximum atomic E-state index is 16.0. The van der Waals surface area contributed by atoms with Crippen LogP contribution in [0, 0.1) is 11.6 Å². The van der Waals surface area contributed by atoms with E-state index >= 15 is 4.39 Å². The fourth-order valence-electron chi connectivity index (χ4n) is 5.83. The van der Waals surface area contributed by atoms with Gasteiger partial charge in [-0.25, -0.2) is 18.7 Å². The zero-order valence-electron chi connectivity index (χ0n) is 24.5. The second kappa shape index (κ2) is 11.5. The number of carbonyl (C=O) groups excluding carboxylic acids is 1. The summed E-state index contributed by atoms with van der Waals surface area (Å²) in [5, 5.41) is 7.63. The Hall–Kier alpha value is -4.94. The zero-order valence-corrected chi connectivity index (χ0v) is 25.3. The van der Waals surface area contributed by atoms with E-state index in [1.807, 2.05) is 47.3 Å². The summed E-state index contributed by atoms with van der Waals surface area (Å²) in [5.41, 5.74) is 5.40. The van der Waals surface area contributed by atoms with Crippen LogP contribution in [0.2, 0.25) is 0 Å². The SMILES string of the molecule is C=CC(=O)N1Cc2cc(-c3nc(-c4ccc5nc[nH]c5c4)c4ccsc4c3-c3c(F)cc(F)cc3OCCOC)nn2C[C@H]1C. The Bertz CT molecular complexity index is 2100. The number of thiophene rings is 1. The molecule has 12 heteroatoms. The number of pyridine rings is 1. The number of hydrogen-bond donors (Lipinski definition) is 1. The number of ether oxygens (including phenoxy) is 2. The van der Waals surface area contributed by atoms with Gasteiger partial charge < -0.3 is 19.4 Å². The largest absolute Gasteiger partial charge is 0.490 e. The Balaban J connectivity index is 1.49. The number of aromatic nitrogens is 5. The van der Waals surface area contributed by atoms with Gasteiger partial charge in [0.1, 0.15) is 35.4 Å². The lowest BCUT2D eigenvalue weighted by Crippen LogP contribution is -2.44. The molecule has 0 unspecified atom stereocenters. The Morgan fingerprint density at radius 3 is 2.84 bits per heavy atom. The van der Waals surface area contributed by atoms with Crippen LogP contribution in [0.1, 0.15) is 12.6 Å². The van der Waals surface area contributed by atoms with Gasteiger partial charge in [0.15, 0.2) is 0 Å². The molecule has 1 atom stereocenters. The number of carbonyl (C=O) groups is 1. The van der Waals surface area contributed by atoms with E-state index in [1.165, 1.54) is 30.6 Å². The van der Waals surface area contributed by atoms with Crippen molar-refractivity contribution in [2.24, 2.45) is 0 Å². The molecule has 1 amide bonds. The summed E-state index contributed by atoms with van der Waals surface area (Å²) in [6, 6.07) is 11.6. The Kier molecular flexibility index (Phi) is 7.38. The molecule has 0 saturated carbocycles. The number of amides is 1. The predicted octanol–water partition coefficient (Wildman–Crippen LogP) is 6.59. The van der Waals surface area contributed by atoms with Crippen molar-refractivity contribution >= 4 is 38.4 Å². The van der Waals surface area contributed by atoms with Gasteiger partial charge in [-0.1, -0.05) is 12.6 Å². The van der Waals surface area contributed by atoms with Gasteiger partial charge in [0.2, 0.25) is 5.91 Å². The van der Waals surface area contributed by atoms with E-state index in [9.17, 15) is 9.18 Å². The van der Waals surface area contributed by atoms with Crippen LogP contribution < -0.4 is 4.74 Å². The molecule has 0 fully saturated rings. The average Bonchev–Trinajstić information content (AvgIpc) is 3.79. The van der Waals surface area contributed by atoms with Gasteiger partial charge >= 0.3 is 0 Å². The maximum absolute atomic E-state index is 16.0. The molecule has 0 saturated heterocycles. The highest BCUT2D eigenvalue weighted by Crippen LogP contribution is 2.47. The molecule has 1 aliphatic heterocycles. The summed E-state index contributed by atoms with van der Waals surface area (Å²) in [4.78, 5) is 27.0. The van der Waals surface area contributed by atoms with Crippen LogP contribution >= 0.6 is 11.3 Å². The summed E-state index contributed by atoms with van der Waals surface area (Å²) in [7, 11) is 1.53. The van der Waals surface area contributed by atoms with Crippen LogP contribution in [0.5, 0.6) is 5.75 Å². The third-order valence-electron chi connectivity index (χ3n) is 7.98. The molecule has 0 radical (unpaired) electrons. The smallest absolute Gasteiger partial charge is 0.246 e. The van der Waals surface area contributed by atoms with Gasteiger partial charge in [-0.2, -0.15) is 5.10 Å². The fourth-order valence-corrected chi connectivity index (χ4v) is 6.78. The zero-order chi connectivity index (χ0) is 31.2. The van der Waals surface area contributed by atoms with E-state index in [1.54, 1.807) is 11.2 Å². The van der Waals surface area contributed by atoms with E-state index < -0.39 is 11.6 Å². The van der Waals surface area contributed by atoms with Gasteiger partial charge in [0, 0.05) is 46.5 Å². The van der Waals surface area contributed by atoms with Crippen LogP contribution in [-0.2, 0) is 22.6 Å². The number of nitrogens with one attached hydrogen (secondary N) is 1. The van der Waals surface area contributed by atoms with Crippen molar-refractivity contribution < 1.29 is 23.0 Å². The van der Waals surface area contributed by atoms with Gasteiger partial charge in [0.25, 0.3) is 0 Å². The number of H-pyrrole nitrogens is 1. The molecule has 2 aromatic carbocycles. The van der Waals surface area contributed by atoms with Gasteiger partial charge in [-0.05, 0) is 42.6 Å². The Morgan fingerprint density at radius 2 is 2.02 bits per heavy atom. The predicted molar refractivity (Wildman–Crippen MR) is 169 cm³/mol. The first-order valence-corrected chi connectivity index (χ1v) is 15.2. The minimum atomic E-state index is -0.785. The number of imidazole rings is 1. The van der Waals surface area contributed by atoms with Crippen LogP contribution in [0.4, 0.5) is 8.78 Å². The minimum absolute atomic E-state index is 0.0364. The highest BCUT2D eigenvalue weighted by Gasteiger charge is 2.30. The molecule has 228 valence electrons. The van der Waals surface area contributed by atoms with Gasteiger partial charge in [-0.15, -0.1) is 11.3 Å². The summed E-state index contributed by atoms with van der Waals surface area (Å²) in [5.74, 6) is -1.68. The number of benzene rings is 2. The molecule has 6 aromatic rings. The fraction of sp³-hybridized carbons (Fsp3) is 0.212. The summed E-state index contributed by atoms with van der Waals surface area (Å²) >= 11 is 1.42. The number of halogens is 2. The minimum Gasteiger partial charge on any atom is -0.490 e. The molecule has 9 nitrogen and oxygen atoms in total. The molecule has 0 aliphatic carbocycles. The number of hydrogen-bond acceptors (Lipinski definition) is 7. The molecule has 5 heterocycles. The first kappa shape index (κ1) is 28.8. The van der Waals surface area contributed by atoms with Crippen molar-refractivity contribution in [2.45, 2.75) is 26.1 Å². The molecule has 0 bridgehead atoms. The second-order valence-electron chi connectivity index (χ2n) is 10.8. The van der Waals surface area contributed by atoms with Crippen LogP contribution in [0.25, 0.3) is 54.9 Å². The van der Waals surface area contributed by atoms with Crippen molar-refractivity contribution in [3.8, 4) is 39.5 Å². The number of methoxy groups -OCH3 is 1. The van der Waals surface area contributed by atoms with E-state index in [4.69, 9.17) is 19.6 Å². The Morgan fingerprint density at radius 1 is 1.16 bits per heavy atom. The first-order valence-electron chi connectivity index (χ1n) is 14.3. The first-order chi connectivity index (χ1) is 21.9.